The molecule has 3 aromatic rings. The van der Waals surface area contributed by atoms with Crippen LogP contribution in [0.3, 0.4) is 0 Å². The largest absolute Gasteiger partial charge is 0.497 e. The molecule has 0 fully saturated rings. The second-order valence-electron chi connectivity index (χ2n) is 7.29. The summed E-state index contributed by atoms with van der Waals surface area (Å²) in [5.74, 6) is 0.274. The van der Waals surface area contributed by atoms with Gasteiger partial charge in [0.2, 0.25) is 0 Å². The summed E-state index contributed by atoms with van der Waals surface area (Å²) in [4.78, 5) is 30.0. The van der Waals surface area contributed by atoms with E-state index in [1.807, 2.05) is 42.5 Å². The molecule has 0 spiro atoms. The van der Waals surface area contributed by atoms with Gasteiger partial charge in [-0.1, -0.05) is 23.7 Å². The first-order valence-electron chi connectivity index (χ1n) is 10.2. The number of ether oxygens (including phenoxy) is 2. The van der Waals surface area contributed by atoms with Gasteiger partial charge in [-0.25, -0.2) is 4.79 Å². The molecule has 8 heteroatoms. The number of urea groups is 1. The Bertz CT molecular complexity index is 1110. The zero-order valence-corrected chi connectivity index (χ0v) is 18.2. The lowest BCUT2D eigenvalue weighted by Gasteiger charge is -2.36. The number of aromatic amines is 1. The third-order valence-corrected chi connectivity index (χ3v) is 5.71. The first kappa shape index (κ1) is 21.1. The van der Waals surface area contributed by atoms with Crippen molar-refractivity contribution in [2.75, 3.05) is 26.8 Å². The van der Waals surface area contributed by atoms with E-state index >= 15 is 0 Å². The Morgan fingerprint density at radius 1 is 1.23 bits per heavy atom. The molecule has 0 saturated heterocycles. The molecule has 0 radical (unpaired) electrons. The number of hydrogen-bond acceptors (Lipinski definition) is 4. The van der Waals surface area contributed by atoms with Crippen LogP contribution in [-0.4, -0.2) is 48.7 Å². The zero-order chi connectivity index (χ0) is 22.0. The van der Waals surface area contributed by atoms with Crippen molar-refractivity contribution in [2.24, 2.45) is 0 Å². The van der Waals surface area contributed by atoms with Crippen LogP contribution < -0.4 is 10.1 Å². The number of aromatic nitrogens is 1. The third kappa shape index (κ3) is 4.18. The van der Waals surface area contributed by atoms with Crippen LogP contribution in [0.15, 0.2) is 42.5 Å². The number of amides is 2. The molecule has 1 atom stereocenters. The number of carbonyl (C=O) groups excluding carboxylic acids is 2. The van der Waals surface area contributed by atoms with Crippen LogP contribution in [0.4, 0.5) is 4.79 Å². The van der Waals surface area contributed by atoms with E-state index in [9.17, 15) is 9.59 Å². The van der Waals surface area contributed by atoms with Gasteiger partial charge in [-0.05, 0) is 54.8 Å². The van der Waals surface area contributed by atoms with Gasteiger partial charge < -0.3 is 24.7 Å². The molecule has 1 unspecified atom stereocenters. The number of esters is 1. The van der Waals surface area contributed by atoms with Gasteiger partial charge in [0.05, 0.1) is 19.8 Å². The van der Waals surface area contributed by atoms with Gasteiger partial charge in [0.1, 0.15) is 12.3 Å². The van der Waals surface area contributed by atoms with E-state index in [4.69, 9.17) is 21.1 Å². The Morgan fingerprint density at radius 3 is 2.71 bits per heavy atom. The van der Waals surface area contributed by atoms with Crippen LogP contribution in [0.5, 0.6) is 5.75 Å². The summed E-state index contributed by atoms with van der Waals surface area (Å²) < 4.78 is 10.2. The van der Waals surface area contributed by atoms with Crippen molar-refractivity contribution < 1.29 is 19.1 Å². The fraction of sp³-hybridized carbons (Fsp3) is 0.304. The molecule has 0 aliphatic carbocycles. The van der Waals surface area contributed by atoms with E-state index < -0.39 is 5.97 Å². The smallest absolute Gasteiger partial charge is 0.325 e. The maximum Gasteiger partial charge on any atom is 0.325 e. The highest BCUT2D eigenvalue weighted by atomic mass is 35.5. The van der Waals surface area contributed by atoms with Gasteiger partial charge >= 0.3 is 12.0 Å². The first-order valence-corrected chi connectivity index (χ1v) is 10.5. The minimum atomic E-state index is -0.463. The Balaban J connectivity index is 1.72. The summed E-state index contributed by atoms with van der Waals surface area (Å²) in [6.07, 6.45) is 0.676. The second kappa shape index (κ2) is 8.89. The van der Waals surface area contributed by atoms with Crippen molar-refractivity contribution >= 4 is 34.5 Å². The van der Waals surface area contributed by atoms with Gasteiger partial charge in [-0.15, -0.1) is 0 Å². The summed E-state index contributed by atoms with van der Waals surface area (Å²) >= 11 is 6.23. The Labute approximate surface area is 185 Å². The predicted molar refractivity (Wildman–Crippen MR) is 119 cm³/mol. The normalized spacial score (nSPS) is 15.5. The van der Waals surface area contributed by atoms with Crippen molar-refractivity contribution in [2.45, 2.75) is 19.4 Å². The monoisotopic (exact) mass is 441 g/mol. The fourth-order valence-electron chi connectivity index (χ4n) is 4.07. The van der Waals surface area contributed by atoms with Crippen LogP contribution in [0.25, 0.3) is 10.9 Å². The molecule has 1 aliphatic rings. The minimum Gasteiger partial charge on any atom is -0.497 e. The third-order valence-electron chi connectivity index (χ3n) is 5.47. The number of fused-ring (bicyclic) bond motifs is 3. The van der Waals surface area contributed by atoms with Crippen LogP contribution in [0, 0.1) is 0 Å². The average molecular weight is 442 g/mol. The van der Waals surface area contributed by atoms with Crippen molar-refractivity contribution in [3.63, 3.8) is 0 Å². The topological polar surface area (TPSA) is 83.7 Å². The summed E-state index contributed by atoms with van der Waals surface area (Å²) in [6, 6.07) is 12.7. The number of halogens is 1. The molecular formula is C23H24ClN3O4. The van der Waals surface area contributed by atoms with E-state index in [2.05, 4.69) is 10.3 Å². The van der Waals surface area contributed by atoms with Crippen LogP contribution in [0.1, 0.15) is 29.8 Å². The highest BCUT2D eigenvalue weighted by Crippen LogP contribution is 2.39. The molecule has 4 rings (SSSR count). The van der Waals surface area contributed by atoms with Gasteiger partial charge in [0, 0.05) is 28.2 Å². The average Bonchev–Trinajstić information content (AvgIpc) is 3.15. The highest BCUT2D eigenvalue weighted by Gasteiger charge is 2.34. The second-order valence-corrected chi connectivity index (χ2v) is 7.73. The van der Waals surface area contributed by atoms with Crippen LogP contribution in [-0.2, 0) is 16.0 Å². The number of H-pyrrole nitrogens is 1. The molecule has 2 amide bonds. The molecule has 162 valence electrons. The number of nitrogens with one attached hydrogen (secondary N) is 2. The number of hydrogen-bond donors (Lipinski definition) is 2. The quantitative estimate of drug-likeness (QED) is 0.585. The van der Waals surface area contributed by atoms with Crippen molar-refractivity contribution in [1.82, 2.24) is 15.2 Å². The van der Waals surface area contributed by atoms with E-state index in [0.717, 1.165) is 33.5 Å². The number of carbonyl (C=O) groups is 2. The molecule has 2 aromatic carbocycles. The predicted octanol–water partition coefficient (Wildman–Crippen LogP) is 4.05. The molecular weight excluding hydrogens is 418 g/mol. The van der Waals surface area contributed by atoms with Crippen molar-refractivity contribution in [1.29, 1.82) is 0 Å². The number of methoxy groups -OCH3 is 1. The fourth-order valence-corrected chi connectivity index (χ4v) is 4.25. The summed E-state index contributed by atoms with van der Waals surface area (Å²) in [7, 11) is 1.62. The highest BCUT2D eigenvalue weighted by molar-refractivity contribution is 6.31. The van der Waals surface area contributed by atoms with Crippen LogP contribution >= 0.6 is 11.6 Å². The van der Waals surface area contributed by atoms with E-state index in [0.29, 0.717) is 18.0 Å². The molecule has 7 nitrogen and oxygen atoms in total. The summed E-state index contributed by atoms with van der Waals surface area (Å²) in [6.45, 7) is 2.33. The number of rotatable bonds is 5. The molecule has 2 heterocycles. The Kier molecular flexibility index (Phi) is 6.04. The Morgan fingerprint density at radius 2 is 2.00 bits per heavy atom. The first-order chi connectivity index (χ1) is 15.0. The lowest BCUT2D eigenvalue weighted by Crippen LogP contribution is -2.47. The van der Waals surface area contributed by atoms with Gasteiger partial charge in [-0.2, -0.15) is 0 Å². The number of nitrogens with zero attached hydrogens (tertiary/aromatic N) is 1. The number of benzene rings is 2. The summed E-state index contributed by atoms with van der Waals surface area (Å²) in [5.41, 5.74) is 4.00. The Hall–Kier alpha value is -3.19. The van der Waals surface area contributed by atoms with E-state index in [1.54, 1.807) is 18.9 Å². The van der Waals surface area contributed by atoms with Crippen LogP contribution in [0.2, 0.25) is 5.02 Å². The maximum absolute atomic E-state index is 13.0. The minimum absolute atomic E-state index is 0.173. The molecule has 0 saturated carbocycles. The molecule has 31 heavy (non-hydrogen) atoms. The van der Waals surface area contributed by atoms with E-state index in [-0.39, 0.29) is 25.2 Å². The standard InChI is InChI=1S/C23H24ClN3O4/c1-3-31-20(28)13-25-23(29)27-11-10-17-18-12-15(24)6-9-19(18)26-21(17)22(27)14-4-7-16(30-2)8-5-14/h4-9,12,22,26H,3,10-11,13H2,1-2H3,(H,25,29). The molecule has 0 bridgehead atoms. The maximum atomic E-state index is 13.0. The molecule has 1 aromatic heterocycles. The van der Waals surface area contributed by atoms with Gasteiger partial charge in [0.15, 0.2) is 0 Å². The SMILES string of the molecule is CCOC(=O)CNC(=O)N1CCc2c([nH]c3ccc(Cl)cc23)C1c1ccc(OC)cc1. The van der Waals surface area contributed by atoms with Crippen molar-refractivity contribution in [3.8, 4) is 5.75 Å². The zero-order valence-electron chi connectivity index (χ0n) is 17.4. The lowest BCUT2D eigenvalue weighted by molar-refractivity contribution is -0.141. The van der Waals surface area contributed by atoms with E-state index in [1.165, 1.54) is 0 Å². The lowest BCUT2D eigenvalue weighted by atomic mass is 9.92. The molecule has 1 aliphatic heterocycles. The van der Waals surface area contributed by atoms with Gasteiger partial charge in [-0.3, -0.25) is 4.79 Å². The van der Waals surface area contributed by atoms with Gasteiger partial charge in [0.25, 0.3) is 0 Å². The summed E-state index contributed by atoms with van der Waals surface area (Å²) in [5, 5.41) is 4.42. The molecule has 2 N–H and O–H groups in total. The van der Waals surface area contributed by atoms with Crippen molar-refractivity contribution in [3.05, 3.63) is 64.3 Å².